The Morgan fingerprint density at radius 3 is 2.95 bits per heavy atom. The molecule has 104 valence electrons. The van der Waals surface area contributed by atoms with E-state index >= 15 is 0 Å². The average Bonchev–Trinajstić information content (AvgIpc) is 3.04. The summed E-state index contributed by atoms with van der Waals surface area (Å²) in [4.78, 5) is 14.7. The topological polar surface area (TPSA) is 53.7 Å². The molecular weight excluding hydrogens is 274 g/mol. The molecule has 0 aliphatic heterocycles. The van der Waals surface area contributed by atoms with Crippen molar-refractivity contribution in [3.63, 3.8) is 0 Å². The van der Waals surface area contributed by atoms with Crippen molar-refractivity contribution < 1.29 is 14.3 Å². The lowest BCUT2D eigenvalue weighted by atomic mass is 10.2. The molecule has 0 aromatic carbocycles. The first-order chi connectivity index (χ1) is 9.60. The molecule has 0 fully saturated rings. The van der Waals surface area contributed by atoms with Crippen LogP contribution in [0, 0.1) is 18.8 Å². The van der Waals surface area contributed by atoms with E-state index in [1.165, 1.54) is 17.6 Å². The average molecular weight is 289 g/mol. The third kappa shape index (κ3) is 3.50. The summed E-state index contributed by atoms with van der Waals surface area (Å²) in [5.74, 6) is 6.11. The van der Waals surface area contributed by atoms with Crippen molar-refractivity contribution in [1.29, 1.82) is 0 Å². The maximum atomic E-state index is 12.1. The number of thiophene rings is 1. The Bertz CT molecular complexity index is 660. The van der Waals surface area contributed by atoms with Gasteiger partial charge < -0.3 is 14.4 Å². The van der Waals surface area contributed by atoms with Gasteiger partial charge in [-0.25, -0.2) is 0 Å². The molecule has 1 amide bonds. The van der Waals surface area contributed by atoms with Crippen LogP contribution in [-0.4, -0.2) is 29.6 Å². The zero-order chi connectivity index (χ0) is 14.5. The lowest BCUT2D eigenvalue weighted by Crippen LogP contribution is -2.25. The number of nitrogens with zero attached hydrogens (tertiary/aromatic N) is 1. The maximum Gasteiger partial charge on any atom is 0.257 e. The number of aryl methyl sites for hydroxylation is 1. The predicted octanol–water partition coefficient (Wildman–Crippen LogP) is 2.27. The van der Waals surface area contributed by atoms with E-state index in [2.05, 4.69) is 11.8 Å². The molecule has 0 saturated heterocycles. The van der Waals surface area contributed by atoms with E-state index in [-0.39, 0.29) is 12.5 Å². The Kier molecular flexibility index (Phi) is 4.61. The highest BCUT2D eigenvalue weighted by atomic mass is 32.1. The molecule has 0 spiro atoms. The molecule has 0 bridgehead atoms. The number of aliphatic hydroxyl groups excluding tert-OH is 1. The first kappa shape index (κ1) is 14.4. The molecule has 20 heavy (non-hydrogen) atoms. The van der Waals surface area contributed by atoms with Gasteiger partial charge in [-0.2, -0.15) is 0 Å². The van der Waals surface area contributed by atoms with E-state index < -0.39 is 0 Å². The lowest BCUT2D eigenvalue weighted by Gasteiger charge is -2.15. The fraction of sp³-hybridized carbons (Fsp3) is 0.267. The smallest absolute Gasteiger partial charge is 0.257 e. The Balaban J connectivity index is 2.02. The predicted molar refractivity (Wildman–Crippen MR) is 77.5 cm³/mol. The summed E-state index contributed by atoms with van der Waals surface area (Å²) < 4.78 is 5.15. The first-order valence-corrected chi connectivity index (χ1v) is 6.96. The van der Waals surface area contributed by atoms with Crippen LogP contribution >= 0.6 is 11.3 Å². The molecule has 5 heteroatoms. The standard InChI is InChI=1S/C15H15NO3S/c1-11-6-13(9-19-11)15(18)16(2)8-12-7-14(20-10-12)4-3-5-17/h6-7,9-10,17H,5,8H2,1-2H3. The molecule has 2 heterocycles. The SMILES string of the molecule is Cc1cc(C(=O)N(C)Cc2csc(C#CCO)c2)co1. The van der Waals surface area contributed by atoms with Crippen LogP contribution in [0.4, 0.5) is 0 Å². The second-order valence-corrected chi connectivity index (χ2v) is 5.30. The zero-order valence-electron chi connectivity index (χ0n) is 11.3. The van der Waals surface area contributed by atoms with Gasteiger partial charge in [0.1, 0.15) is 18.6 Å². The van der Waals surface area contributed by atoms with Crippen LogP contribution in [0.3, 0.4) is 0 Å². The van der Waals surface area contributed by atoms with Gasteiger partial charge >= 0.3 is 0 Å². The normalized spacial score (nSPS) is 9.95. The second-order valence-electron chi connectivity index (χ2n) is 4.39. The number of hydrogen-bond donors (Lipinski definition) is 1. The van der Waals surface area contributed by atoms with Crippen molar-refractivity contribution in [3.05, 3.63) is 45.5 Å². The van der Waals surface area contributed by atoms with Crippen molar-refractivity contribution in [1.82, 2.24) is 4.90 Å². The molecule has 0 atom stereocenters. The summed E-state index contributed by atoms with van der Waals surface area (Å²) >= 11 is 1.50. The number of furan rings is 1. The van der Waals surface area contributed by atoms with Gasteiger partial charge in [-0.15, -0.1) is 11.3 Å². The van der Waals surface area contributed by atoms with Crippen LogP contribution in [0.5, 0.6) is 0 Å². The molecule has 4 nitrogen and oxygen atoms in total. The van der Waals surface area contributed by atoms with Crippen LogP contribution in [-0.2, 0) is 6.54 Å². The number of rotatable bonds is 3. The summed E-state index contributed by atoms with van der Waals surface area (Å²) in [5, 5.41) is 10.6. The molecular formula is C15H15NO3S. The highest BCUT2D eigenvalue weighted by molar-refractivity contribution is 7.10. The molecule has 0 saturated carbocycles. The van der Waals surface area contributed by atoms with E-state index in [9.17, 15) is 4.79 Å². The Hall–Kier alpha value is -2.03. The molecule has 2 aromatic heterocycles. The molecule has 1 N–H and O–H groups in total. The molecule has 0 aliphatic carbocycles. The summed E-state index contributed by atoms with van der Waals surface area (Å²) in [6.07, 6.45) is 1.47. The third-order valence-electron chi connectivity index (χ3n) is 2.69. The van der Waals surface area contributed by atoms with E-state index in [1.54, 1.807) is 18.0 Å². The third-order valence-corrected chi connectivity index (χ3v) is 3.58. The van der Waals surface area contributed by atoms with E-state index in [0.29, 0.717) is 12.1 Å². The van der Waals surface area contributed by atoms with Crippen LogP contribution in [0.15, 0.2) is 28.2 Å². The number of carbonyl (C=O) groups is 1. The summed E-state index contributed by atoms with van der Waals surface area (Å²) in [6, 6.07) is 3.66. The van der Waals surface area contributed by atoms with Crippen LogP contribution in [0.2, 0.25) is 0 Å². The van der Waals surface area contributed by atoms with Gasteiger partial charge in [-0.05, 0) is 30.0 Å². The van der Waals surface area contributed by atoms with E-state index in [4.69, 9.17) is 9.52 Å². The van der Waals surface area contributed by atoms with Crippen molar-refractivity contribution in [2.45, 2.75) is 13.5 Å². The fourth-order valence-corrected chi connectivity index (χ4v) is 2.54. The molecule has 0 radical (unpaired) electrons. The molecule has 0 unspecified atom stereocenters. The Labute approximate surface area is 121 Å². The fourth-order valence-electron chi connectivity index (χ4n) is 1.77. The number of hydrogen-bond acceptors (Lipinski definition) is 4. The van der Waals surface area contributed by atoms with Crippen molar-refractivity contribution in [2.24, 2.45) is 0 Å². The summed E-state index contributed by atoms with van der Waals surface area (Å²) in [7, 11) is 1.75. The maximum absolute atomic E-state index is 12.1. The van der Waals surface area contributed by atoms with Gasteiger partial charge in [0.2, 0.25) is 0 Å². The Morgan fingerprint density at radius 2 is 2.30 bits per heavy atom. The molecule has 2 aromatic rings. The van der Waals surface area contributed by atoms with Gasteiger partial charge in [-0.1, -0.05) is 11.8 Å². The van der Waals surface area contributed by atoms with Gasteiger partial charge in [0.15, 0.2) is 0 Å². The number of aliphatic hydroxyl groups is 1. The zero-order valence-corrected chi connectivity index (χ0v) is 12.2. The van der Waals surface area contributed by atoms with Gasteiger partial charge in [0.05, 0.1) is 10.4 Å². The van der Waals surface area contributed by atoms with Gasteiger partial charge in [-0.3, -0.25) is 4.79 Å². The quantitative estimate of drug-likeness (QED) is 0.882. The minimum Gasteiger partial charge on any atom is -0.469 e. The summed E-state index contributed by atoms with van der Waals surface area (Å²) in [5.41, 5.74) is 1.58. The largest absolute Gasteiger partial charge is 0.469 e. The first-order valence-electron chi connectivity index (χ1n) is 6.08. The van der Waals surface area contributed by atoms with E-state index in [0.717, 1.165) is 16.2 Å². The number of carbonyl (C=O) groups excluding carboxylic acids is 1. The monoisotopic (exact) mass is 289 g/mol. The molecule has 0 aliphatic rings. The Morgan fingerprint density at radius 1 is 1.50 bits per heavy atom. The lowest BCUT2D eigenvalue weighted by molar-refractivity contribution is 0.0784. The minimum atomic E-state index is -0.147. The van der Waals surface area contributed by atoms with E-state index in [1.807, 2.05) is 18.4 Å². The second kappa shape index (κ2) is 6.42. The molecule has 2 rings (SSSR count). The summed E-state index contributed by atoms with van der Waals surface area (Å²) in [6.45, 7) is 2.17. The minimum absolute atomic E-state index is 0.0731. The highest BCUT2D eigenvalue weighted by Gasteiger charge is 2.14. The van der Waals surface area contributed by atoms with Gasteiger partial charge in [0, 0.05) is 13.6 Å². The highest BCUT2D eigenvalue weighted by Crippen LogP contribution is 2.16. The number of amides is 1. The van der Waals surface area contributed by atoms with Crippen molar-refractivity contribution >= 4 is 17.2 Å². The van der Waals surface area contributed by atoms with Gasteiger partial charge in [0.25, 0.3) is 5.91 Å². The van der Waals surface area contributed by atoms with Crippen LogP contribution in [0.25, 0.3) is 0 Å². The van der Waals surface area contributed by atoms with Crippen LogP contribution in [0.1, 0.15) is 26.6 Å². The van der Waals surface area contributed by atoms with Crippen LogP contribution < -0.4 is 0 Å². The van der Waals surface area contributed by atoms with Crippen molar-refractivity contribution in [3.8, 4) is 11.8 Å². The van der Waals surface area contributed by atoms with Crippen molar-refractivity contribution in [2.75, 3.05) is 13.7 Å².